The van der Waals surface area contributed by atoms with Crippen molar-refractivity contribution in [3.63, 3.8) is 0 Å². The number of carbonyl (C=O) groups is 1. The fraction of sp³-hybridized carbons (Fsp3) is 0.462. The van der Waals surface area contributed by atoms with Gasteiger partial charge in [-0.15, -0.1) is 0 Å². The Morgan fingerprint density at radius 2 is 2.39 bits per heavy atom. The second-order valence-electron chi connectivity index (χ2n) is 3.90. The molecule has 1 aromatic rings. The summed E-state index contributed by atoms with van der Waals surface area (Å²) in [5, 5.41) is 11.6. The summed E-state index contributed by atoms with van der Waals surface area (Å²) in [5.41, 5.74) is 0.873. The van der Waals surface area contributed by atoms with Gasteiger partial charge in [0, 0.05) is 18.8 Å². The monoisotopic (exact) mass is 247 g/mol. The summed E-state index contributed by atoms with van der Waals surface area (Å²) >= 11 is 0. The van der Waals surface area contributed by atoms with Gasteiger partial charge in [0.1, 0.15) is 5.92 Å². The molecule has 0 radical (unpaired) electrons. The van der Waals surface area contributed by atoms with Crippen molar-refractivity contribution in [3.8, 4) is 11.9 Å². The smallest absolute Gasteiger partial charge is 0.237 e. The third-order valence-electron chi connectivity index (χ3n) is 2.52. The molecule has 0 aliphatic carbocycles. The minimum absolute atomic E-state index is 0.227. The summed E-state index contributed by atoms with van der Waals surface area (Å²) in [7, 11) is 1.55. The molecule has 5 nitrogen and oxygen atoms in total. The molecule has 1 amide bonds. The van der Waals surface area contributed by atoms with Crippen LogP contribution in [0.4, 0.5) is 0 Å². The Kier molecular flexibility index (Phi) is 5.65. The zero-order valence-corrected chi connectivity index (χ0v) is 10.6. The van der Waals surface area contributed by atoms with Crippen molar-refractivity contribution in [2.45, 2.75) is 26.3 Å². The van der Waals surface area contributed by atoms with Gasteiger partial charge in [0.2, 0.25) is 11.8 Å². The average Bonchev–Trinajstić information content (AvgIpc) is 2.42. The molecule has 1 heterocycles. The van der Waals surface area contributed by atoms with Crippen molar-refractivity contribution >= 4 is 5.91 Å². The molecule has 1 rings (SSSR count). The zero-order valence-electron chi connectivity index (χ0n) is 10.6. The van der Waals surface area contributed by atoms with Crippen LogP contribution in [0.2, 0.25) is 0 Å². The average molecular weight is 247 g/mol. The Hall–Kier alpha value is -2.09. The summed E-state index contributed by atoms with van der Waals surface area (Å²) in [6, 6.07) is 5.57. The number of carbonyl (C=O) groups excluding carboxylic acids is 1. The van der Waals surface area contributed by atoms with E-state index in [-0.39, 0.29) is 5.91 Å². The molecule has 96 valence electrons. The number of amides is 1. The van der Waals surface area contributed by atoms with E-state index in [1.807, 2.05) is 19.1 Å². The quantitative estimate of drug-likeness (QED) is 0.829. The van der Waals surface area contributed by atoms with Crippen LogP contribution in [0.3, 0.4) is 0 Å². The van der Waals surface area contributed by atoms with Gasteiger partial charge in [-0.2, -0.15) is 5.26 Å². The molecule has 0 spiro atoms. The molecule has 0 bridgehead atoms. The summed E-state index contributed by atoms with van der Waals surface area (Å²) < 4.78 is 4.94. The maximum atomic E-state index is 11.7. The highest BCUT2D eigenvalue weighted by atomic mass is 16.5. The van der Waals surface area contributed by atoms with E-state index in [0.29, 0.717) is 18.8 Å². The Labute approximate surface area is 107 Å². The molecule has 18 heavy (non-hydrogen) atoms. The van der Waals surface area contributed by atoms with Gasteiger partial charge in [0.05, 0.1) is 13.2 Å². The topological polar surface area (TPSA) is 75.0 Å². The van der Waals surface area contributed by atoms with Gasteiger partial charge >= 0.3 is 0 Å². The molecular formula is C13H17N3O2. The standard InChI is InChI=1S/C13H17N3O2/c1-3-4-11(7-14)13(17)16-9-10-5-6-12(18-2)15-8-10/h5-6,8,11H,3-4,9H2,1-2H3,(H,16,17). The van der Waals surface area contributed by atoms with Crippen LogP contribution in [-0.4, -0.2) is 18.0 Å². The van der Waals surface area contributed by atoms with E-state index in [0.717, 1.165) is 12.0 Å². The summed E-state index contributed by atoms with van der Waals surface area (Å²) in [6.07, 6.45) is 3.04. The summed E-state index contributed by atoms with van der Waals surface area (Å²) in [6.45, 7) is 2.32. The lowest BCUT2D eigenvalue weighted by Gasteiger charge is -2.09. The van der Waals surface area contributed by atoms with E-state index in [2.05, 4.69) is 10.3 Å². The van der Waals surface area contributed by atoms with Crippen LogP contribution in [0.15, 0.2) is 18.3 Å². The number of methoxy groups -OCH3 is 1. The van der Waals surface area contributed by atoms with Crippen LogP contribution >= 0.6 is 0 Å². The molecule has 0 fully saturated rings. The van der Waals surface area contributed by atoms with E-state index in [4.69, 9.17) is 10.00 Å². The van der Waals surface area contributed by atoms with Crippen LogP contribution in [-0.2, 0) is 11.3 Å². The van der Waals surface area contributed by atoms with E-state index in [1.165, 1.54) is 0 Å². The first-order valence-electron chi connectivity index (χ1n) is 5.87. The first-order chi connectivity index (χ1) is 8.71. The Balaban J connectivity index is 2.48. The fourth-order valence-electron chi connectivity index (χ4n) is 1.49. The van der Waals surface area contributed by atoms with Gasteiger partial charge in [-0.1, -0.05) is 19.4 Å². The Morgan fingerprint density at radius 3 is 2.89 bits per heavy atom. The normalized spacial score (nSPS) is 11.4. The number of nitrogens with one attached hydrogen (secondary N) is 1. The van der Waals surface area contributed by atoms with Crippen LogP contribution in [0.25, 0.3) is 0 Å². The predicted octanol–water partition coefficient (Wildman–Crippen LogP) is 1.65. The lowest BCUT2D eigenvalue weighted by Crippen LogP contribution is -2.29. The lowest BCUT2D eigenvalue weighted by molar-refractivity contribution is -0.123. The molecule has 0 aromatic carbocycles. The molecule has 0 saturated carbocycles. The van der Waals surface area contributed by atoms with Crippen LogP contribution in [0, 0.1) is 17.2 Å². The van der Waals surface area contributed by atoms with Gasteiger partial charge < -0.3 is 10.1 Å². The maximum absolute atomic E-state index is 11.7. The fourth-order valence-corrected chi connectivity index (χ4v) is 1.49. The van der Waals surface area contributed by atoms with Crippen molar-refractivity contribution in [1.82, 2.24) is 10.3 Å². The molecule has 1 atom stereocenters. The first kappa shape index (κ1) is 14.0. The van der Waals surface area contributed by atoms with Gasteiger partial charge in [-0.25, -0.2) is 4.98 Å². The highest BCUT2D eigenvalue weighted by Crippen LogP contribution is 2.08. The number of nitrogens with zero attached hydrogens (tertiary/aromatic N) is 2. The van der Waals surface area contributed by atoms with Crippen LogP contribution in [0.5, 0.6) is 5.88 Å². The van der Waals surface area contributed by atoms with Gasteiger partial charge in [-0.3, -0.25) is 4.79 Å². The van der Waals surface area contributed by atoms with Gasteiger partial charge in [0.25, 0.3) is 0 Å². The molecule has 0 aliphatic heterocycles. The van der Waals surface area contributed by atoms with Gasteiger partial charge in [-0.05, 0) is 12.0 Å². The number of hydrogen-bond acceptors (Lipinski definition) is 4. The van der Waals surface area contributed by atoms with Crippen LogP contribution < -0.4 is 10.1 Å². The van der Waals surface area contributed by atoms with E-state index in [9.17, 15) is 4.79 Å². The summed E-state index contributed by atoms with van der Waals surface area (Å²) in [5.74, 6) is -0.262. The molecule has 1 N–H and O–H groups in total. The number of nitriles is 1. The molecular weight excluding hydrogens is 230 g/mol. The van der Waals surface area contributed by atoms with E-state index < -0.39 is 5.92 Å². The lowest BCUT2D eigenvalue weighted by atomic mass is 10.0. The number of ether oxygens (including phenoxy) is 1. The number of rotatable bonds is 6. The molecule has 5 heteroatoms. The first-order valence-corrected chi connectivity index (χ1v) is 5.87. The number of pyridine rings is 1. The summed E-state index contributed by atoms with van der Waals surface area (Å²) in [4.78, 5) is 15.7. The Bertz CT molecular complexity index is 423. The maximum Gasteiger partial charge on any atom is 0.237 e. The zero-order chi connectivity index (χ0) is 13.4. The molecule has 1 unspecified atom stereocenters. The van der Waals surface area contributed by atoms with E-state index >= 15 is 0 Å². The minimum atomic E-state index is -0.568. The van der Waals surface area contributed by atoms with Crippen molar-refractivity contribution in [1.29, 1.82) is 5.26 Å². The van der Waals surface area contributed by atoms with E-state index in [1.54, 1.807) is 19.4 Å². The molecule has 1 aromatic heterocycles. The number of hydrogen-bond donors (Lipinski definition) is 1. The molecule has 0 saturated heterocycles. The minimum Gasteiger partial charge on any atom is -0.481 e. The predicted molar refractivity (Wildman–Crippen MR) is 66.6 cm³/mol. The van der Waals surface area contributed by atoms with Gasteiger partial charge in [0.15, 0.2) is 0 Å². The third-order valence-corrected chi connectivity index (χ3v) is 2.52. The highest BCUT2D eigenvalue weighted by Gasteiger charge is 2.15. The largest absolute Gasteiger partial charge is 0.481 e. The Morgan fingerprint density at radius 1 is 1.61 bits per heavy atom. The van der Waals surface area contributed by atoms with Crippen molar-refractivity contribution in [2.75, 3.05) is 7.11 Å². The van der Waals surface area contributed by atoms with Crippen molar-refractivity contribution < 1.29 is 9.53 Å². The van der Waals surface area contributed by atoms with Crippen LogP contribution in [0.1, 0.15) is 25.3 Å². The second kappa shape index (κ2) is 7.28. The highest BCUT2D eigenvalue weighted by molar-refractivity contribution is 5.80. The van der Waals surface area contributed by atoms with Crippen molar-refractivity contribution in [3.05, 3.63) is 23.9 Å². The SMILES string of the molecule is CCCC(C#N)C(=O)NCc1ccc(OC)nc1. The molecule has 0 aliphatic rings. The second-order valence-corrected chi connectivity index (χ2v) is 3.90. The van der Waals surface area contributed by atoms with Crippen molar-refractivity contribution in [2.24, 2.45) is 5.92 Å². The third kappa shape index (κ3) is 4.06. The number of aromatic nitrogens is 1.